The average molecular weight is 201 g/mol. The van der Waals surface area contributed by atoms with Gasteiger partial charge in [0, 0.05) is 23.2 Å². The Hall–Kier alpha value is -1.51. The van der Waals surface area contributed by atoms with Crippen molar-refractivity contribution < 1.29 is 0 Å². The van der Waals surface area contributed by atoms with Crippen molar-refractivity contribution in [1.29, 1.82) is 0 Å². The molecule has 0 aromatic carbocycles. The summed E-state index contributed by atoms with van der Waals surface area (Å²) in [5, 5.41) is 10.9. The zero-order valence-corrected chi connectivity index (χ0v) is 9.36. The first-order valence-corrected chi connectivity index (χ1v) is 5.33. The molecule has 2 heterocycles. The number of hydrogen-bond acceptors (Lipinski definition) is 3. The molecule has 0 unspecified atom stereocenters. The SMILES string of the molecule is CCc1nnc(C(C)C)c2ccncc12. The minimum absolute atomic E-state index is 0.397. The zero-order valence-electron chi connectivity index (χ0n) is 9.36. The van der Waals surface area contributed by atoms with Crippen LogP contribution >= 0.6 is 0 Å². The Bertz CT molecular complexity index is 477. The van der Waals surface area contributed by atoms with Crippen LogP contribution in [0, 0.1) is 0 Å². The fourth-order valence-electron chi connectivity index (χ4n) is 1.76. The number of pyridine rings is 1. The highest BCUT2D eigenvalue weighted by atomic mass is 15.1. The number of nitrogens with zero attached hydrogens (tertiary/aromatic N) is 3. The van der Waals surface area contributed by atoms with Crippen molar-refractivity contribution in [1.82, 2.24) is 15.2 Å². The normalized spacial score (nSPS) is 11.2. The van der Waals surface area contributed by atoms with Gasteiger partial charge in [0.15, 0.2) is 0 Å². The molecule has 0 aliphatic heterocycles. The molecule has 2 rings (SSSR count). The molecule has 0 radical (unpaired) electrons. The summed E-state index contributed by atoms with van der Waals surface area (Å²) in [6.07, 6.45) is 4.59. The van der Waals surface area contributed by atoms with Crippen LogP contribution in [0.5, 0.6) is 0 Å². The summed E-state index contributed by atoms with van der Waals surface area (Å²) in [5.41, 5.74) is 2.09. The van der Waals surface area contributed by atoms with Crippen LogP contribution in [-0.2, 0) is 6.42 Å². The molecule has 0 amide bonds. The van der Waals surface area contributed by atoms with Crippen molar-refractivity contribution in [3.05, 3.63) is 29.8 Å². The highest BCUT2D eigenvalue weighted by Gasteiger charge is 2.10. The van der Waals surface area contributed by atoms with Gasteiger partial charge in [0.05, 0.1) is 11.4 Å². The van der Waals surface area contributed by atoms with Crippen molar-refractivity contribution in [2.75, 3.05) is 0 Å². The molecule has 15 heavy (non-hydrogen) atoms. The first-order valence-electron chi connectivity index (χ1n) is 5.33. The Morgan fingerprint density at radius 2 is 2.00 bits per heavy atom. The van der Waals surface area contributed by atoms with E-state index in [0.29, 0.717) is 5.92 Å². The lowest BCUT2D eigenvalue weighted by Gasteiger charge is -2.09. The molecule has 78 valence electrons. The van der Waals surface area contributed by atoms with E-state index in [1.54, 1.807) is 0 Å². The van der Waals surface area contributed by atoms with Crippen molar-refractivity contribution >= 4 is 10.8 Å². The summed E-state index contributed by atoms with van der Waals surface area (Å²) in [5.74, 6) is 0.397. The number of fused-ring (bicyclic) bond motifs is 1. The lowest BCUT2D eigenvalue weighted by atomic mass is 10.0. The number of rotatable bonds is 2. The second kappa shape index (κ2) is 3.93. The molecule has 0 aliphatic rings. The van der Waals surface area contributed by atoms with Crippen LogP contribution < -0.4 is 0 Å². The molecular formula is C12H15N3. The molecule has 2 aromatic heterocycles. The zero-order chi connectivity index (χ0) is 10.8. The van der Waals surface area contributed by atoms with Crippen LogP contribution in [-0.4, -0.2) is 15.2 Å². The van der Waals surface area contributed by atoms with Crippen LogP contribution in [0.2, 0.25) is 0 Å². The predicted molar refractivity (Wildman–Crippen MR) is 60.8 cm³/mol. The minimum atomic E-state index is 0.397. The van der Waals surface area contributed by atoms with Gasteiger partial charge in [-0.1, -0.05) is 20.8 Å². The van der Waals surface area contributed by atoms with E-state index in [1.807, 2.05) is 18.5 Å². The van der Waals surface area contributed by atoms with E-state index >= 15 is 0 Å². The monoisotopic (exact) mass is 201 g/mol. The molecule has 0 saturated heterocycles. The molecule has 3 heteroatoms. The number of aromatic nitrogens is 3. The van der Waals surface area contributed by atoms with Gasteiger partial charge in [0.2, 0.25) is 0 Å². The summed E-state index contributed by atoms with van der Waals surface area (Å²) >= 11 is 0. The van der Waals surface area contributed by atoms with E-state index in [1.165, 1.54) is 5.39 Å². The van der Waals surface area contributed by atoms with Crippen molar-refractivity contribution in [2.24, 2.45) is 0 Å². The third-order valence-corrected chi connectivity index (χ3v) is 2.57. The van der Waals surface area contributed by atoms with Gasteiger partial charge in [-0.25, -0.2) is 0 Å². The Kier molecular flexibility index (Phi) is 2.62. The van der Waals surface area contributed by atoms with Gasteiger partial charge >= 0.3 is 0 Å². The first kappa shape index (κ1) is 10.0. The second-order valence-electron chi connectivity index (χ2n) is 3.96. The standard InChI is InChI=1S/C12H15N3/c1-4-11-10-7-13-6-5-9(10)12(8(2)3)15-14-11/h5-8H,4H2,1-3H3. The molecule has 0 fully saturated rings. The van der Waals surface area contributed by atoms with E-state index in [9.17, 15) is 0 Å². The maximum Gasteiger partial charge on any atom is 0.0735 e. The van der Waals surface area contributed by atoms with Gasteiger partial charge in [-0.2, -0.15) is 10.2 Å². The van der Waals surface area contributed by atoms with E-state index in [2.05, 4.69) is 36.0 Å². The van der Waals surface area contributed by atoms with Crippen LogP contribution in [0.3, 0.4) is 0 Å². The molecule has 0 saturated carbocycles. The van der Waals surface area contributed by atoms with Crippen molar-refractivity contribution in [3.8, 4) is 0 Å². The average Bonchev–Trinajstić information content (AvgIpc) is 2.27. The molecule has 3 nitrogen and oxygen atoms in total. The van der Waals surface area contributed by atoms with Gasteiger partial charge in [-0.15, -0.1) is 0 Å². The van der Waals surface area contributed by atoms with Crippen LogP contribution in [0.25, 0.3) is 10.8 Å². The quantitative estimate of drug-likeness (QED) is 0.749. The van der Waals surface area contributed by atoms with Gasteiger partial charge in [0.1, 0.15) is 0 Å². The number of hydrogen-bond donors (Lipinski definition) is 0. The molecule has 0 spiro atoms. The Balaban J connectivity index is 2.77. The predicted octanol–water partition coefficient (Wildman–Crippen LogP) is 2.71. The highest BCUT2D eigenvalue weighted by Crippen LogP contribution is 2.23. The van der Waals surface area contributed by atoms with Crippen LogP contribution in [0.4, 0.5) is 0 Å². The second-order valence-corrected chi connectivity index (χ2v) is 3.96. The fourth-order valence-corrected chi connectivity index (χ4v) is 1.76. The van der Waals surface area contributed by atoms with Gasteiger partial charge in [-0.3, -0.25) is 4.98 Å². The van der Waals surface area contributed by atoms with E-state index in [4.69, 9.17) is 0 Å². The molecule has 2 aromatic rings. The molecule has 0 N–H and O–H groups in total. The summed E-state index contributed by atoms with van der Waals surface area (Å²) in [6, 6.07) is 2.03. The Morgan fingerprint density at radius 3 is 2.67 bits per heavy atom. The summed E-state index contributed by atoms with van der Waals surface area (Å²) in [4.78, 5) is 4.15. The Morgan fingerprint density at radius 1 is 1.20 bits per heavy atom. The van der Waals surface area contributed by atoms with Gasteiger partial charge in [0.25, 0.3) is 0 Å². The lowest BCUT2D eigenvalue weighted by molar-refractivity contribution is 0.784. The summed E-state index contributed by atoms with van der Waals surface area (Å²) in [7, 11) is 0. The maximum atomic E-state index is 4.30. The largest absolute Gasteiger partial charge is 0.264 e. The molecule has 0 atom stereocenters. The maximum absolute atomic E-state index is 4.30. The van der Waals surface area contributed by atoms with E-state index < -0.39 is 0 Å². The van der Waals surface area contributed by atoms with Crippen LogP contribution in [0.1, 0.15) is 38.1 Å². The fraction of sp³-hybridized carbons (Fsp3) is 0.417. The molecule has 0 bridgehead atoms. The highest BCUT2D eigenvalue weighted by molar-refractivity contribution is 5.85. The smallest absolute Gasteiger partial charge is 0.0735 e. The Labute approximate surface area is 89.6 Å². The van der Waals surface area contributed by atoms with Crippen LogP contribution in [0.15, 0.2) is 18.5 Å². The summed E-state index contributed by atoms with van der Waals surface area (Å²) in [6.45, 7) is 6.36. The lowest BCUT2D eigenvalue weighted by Crippen LogP contribution is -2.01. The van der Waals surface area contributed by atoms with Crippen molar-refractivity contribution in [2.45, 2.75) is 33.1 Å². The summed E-state index contributed by atoms with van der Waals surface area (Å²) < 4.78 is 0. The number of aryl methyl sites for hydroxylation is 1. The molecular weight excluding hydrogens is 186 g/mol. The first-order chi connectivity index (χ1) is 7.24. The topological polar surface area (TPSA) is 38.7 Å². The van der Waals surface area contributed by atoms with Crippen molar-refractivity contribution in [3.63, 3.8) is 0 Å². The van der Waals surface area contributed by atoms with Gasteiger partial charge in [-0.05, 0) is 18.4 Å². The third-order valence-electron chi connectivity index (χ3n) is 2.57. The van der Waals surface area contributed by atoms with E-state index in [-0.39, 0.29) is 0 Å². The van der Waals surface area contributed by atoms with Gasteiger partial charge < -0.3 is 0 Å². The van der Waals surface area contributed by atoms with E-state index in [0.717, 1.165) is 23.2 Å². The molecule has 0 aliphatic carbocycles. The minimum Gasteiger partial charge on any atom is -0.264 e. The third kappa shape index (κ3) is 1.69.